The first kappa shape index (κ1) is 18.0. The predicted octanol–water partition coefficient (Wildman–Crippen LogP) is 4.54. The van der Waals surface area contributed by atoms with Gasteiger partial charge in [0.25, 0.3) is 0 Å². The molecule has 0 bridgehead atoms. The third-order valence-corrected chi connectivity index (χ3v) is 4.78. The van der Waals surface area contributed by atoms with Crippen molar-refractivity contribution in [1.29, 1.82) is 0 Å². The maximum Gasteiger partial charge on any atom is 0.405 e. The molecule has 26 heavy (non-hydrogen) atoms. The number of rotatable bonds is 3. The standard InChI is InChI=1S/C20H22FNO4/c1-11-7-12(25-4)5-6-13(11)14-9-17-15(8-16(14)21)18(22-19(23)24)20(2,3)10-26-17/h5-9,18,22H,10H2,1-4H3,(H,23,24). The first-order valence-corrected chi connectivity index (χ1v) is 8.33. The van der Waals surface area contributed by atoms with Crippen molar-refractivity contribution < 1.29 is 23.8 Å². The number of hydrogen-bond donors (Lipinski definition) is 2. The average Bonchev–Trinajstić information content (AvgIpc) is 2.57. The number of carboxylic acid groups (broad SMARTS) is 1. The van der Waals surface area contributed by atoms with Crippen LogP contribution < -0.4 is 14.8 Å². The summed E-state index contributed by atoms with van der Waals surface area (Å²) in [5.74, 6) is 0.776. The zero-order valence-electron chi connectivity index (χ0n) is 15.2. The molecule has 1 amide bonds. The molecule has 0 saturated heterocycles. The van der Waals surface area contributed by atoms with E-state index in [1.807, 2.05) is 26.8 Å². The fourth-order valence-corrected chi connectivity index (χ4v) is 3.36. The van der Waals surface area contributed by atoms with Crippen LogP contribution in [0, 0.1) is 18.2 Å². The zero-order valence-corrected chi connectivity index (χ0v) is 15.2. The van der Waals surface area contributed by atoms with Gasteiger partial charge in [-0.2, -0.15) is 0 Å². The Bertz CT molecular complexity index is 863. The highest BCUT2D eigenvalue weighted by atomic mass is 19.1. The van der Waals surface area contributed by atoms with Gasteiger partial charge in [-0.05, 0) is 42.3 Å². The minimum Gasteiger partial charge on any atom is -0.497 e. The molecule has 2 aromatic carbocycles. The molecule has 3 rings (SSSR count). The summed E-state index contributed by atoms with van der Waals surface area (Å²) in [7, 11) is 1.58. The van der Waals surface area contributed by atoms with E-state index < -0.39 is 23.4 Å². The summed E-state index contributed by atoms with van der Waals surface area (Å²) in [6.07, 6.45) is -1.15. The van der Waals surface area contributed by atoms with Crippen LogP contribution in [0.15, 0.2) is 30.3 Å². The van der Waals surface area contributed by atoms with Crippen LogP contribution in [0.4, 0.5) is 9.18 Å². The Kier molecular flexibility index (Phi) is 4.52. The van der Waals surface area contributed by atoms with Crippen LogP contribution in [0.2, 0.25) is 0 Å². The first-order valence-electron chi connectivity index (χ1n) is 8.33. The molecule has 0 aliphatic carbocycles. The molecule has 1 atom stereocenters. The summed E-state index contributed by atoms with van der Waals surface area (Å²) >= 11 is 0. The fraction of sp³-hybridized carbons (Fsp3) is 0.350. The van der Waals surface area contributed by atoms with E-state index in [4.69, 9.17) is 14.6 Å². The number of aryl methyl sites for hydroxylation is 1. The maximum absolute atomic E-state index is 14.9. The Hall–Kier alpha value is -2.76. The average molecular weight is 359 g/mol. The molecule has 0 spiro atoms. The van der Waals surface area contributed by atoms with Gasteiger partial charge in [0, 0.05) is 16.5 Å². The fourth-order valence-electron chi connectivity index (χ4n) is 3.36. The van der Waals surface area contributed by atoms with Crippen LogP contribution in [0.3, 0.4) is 0 Å². The van der Waals surface area contributed by atoms with Gasteiger partial charge in [0.1, 0.15) is 17.3 Å². The summed E-state index contributed by atoms with van der Waals surface area (Å²) in [4.78, 5) is 11.2. The summed E-state index contributed by atoms with van der Waals surface area (Å²) in [6.45, 7) is 5.99. The van der Waals surface area contributed by atoms with Crippen LogP contribution in [0.25, 0.3) is 11.1 Å². The van der Waals surface area contributed by atoms with Crippen molar-refractivity contribution in [2.24, 2.45) is 5.41 Å². The van der Waals surface area contributed by atoms with Gasteiger partial charge in [-0.1, -0.05) is 19.9 Å². The van der Waals surface area contributed by atoms with E-state index in [-0.39, 0.29) is 0 Å². The van der Waals surface area contributed by atoms with Crippen molar-refractivity contribution in [2.75, 3.05) is 13.7 Å². The largest absolute Gasteiger partial charge is 0.497 e. The topological polar surface area (TPSA) is 67.8 Å². The minimum absolute atomic E-state index is 0.331. The molecule has 0 radical (unpaired) electrons. The van der Waals surface area contributed by atoms with Crippen LogP contribution >= 0.6 is 0 Å². The number of methoxy groups -OCH3 is 1. The number of halogens is 1. The molecule has 138 valence electrons. The van der Waals surface area contributed by atoms with Gasteiger partial charge in [0.15, 0.2) is 0 Å². The summed E-state index contributed by atoms with van der Waals surface area (Å²) in [6, 6.07) is 7.89. The van der Waals surface area contributed by atoms with Crippen molar-refractivity contribution in [3.05, 3.63) is 47.3 Å². The van der Waals surface area contributed by atoms with Gasteiger partial charge in [0.05, 0.1) is 19.8 Å². The molecule has 0 fully saturated rings. The van der Waals surface area contributed by atoms with Crippen LogP contribution in [0.1, 0.15) is 31.0 Å². The van der Waals surface area contributed by atoms with Gasteiger partial charge >= 0.3 is 6.09 Å². The van der Waals surface area contributed by atoms with Gasteiger partial charge in [-0.3, -0.25) is 0 Å². The van der Waals surface area contributed by atoms with Crippen molar-refractivity contribution in [2.45, 2.75) is 26.8 Å². The lowest BCUT2D eigenvalue weighted by molar-refractivity contribution is 0.0992. The van der Waals surface area contributed by atoms with Gasteiger partial charge in [-0.15, -0.1) is 0 Å². The Morgan fingerprint density at radius 2 is 2.04 bits per heavy atom. The summed E-state index contributed by atoms with van der Waals surface area (Å²) < 4.78 is 26.0. The number of ether oxygens (including phenoxy) is 2. The lowest BCUT2D eigenvalue weighted by Gasteiger charge is -2.39. The highest BCUT2D eigenvalue weighted by molar-refractivity contribution is 5.72. The molecular formula is C20H22FNO4. The number of nitrogens with one attached hydrogen (secondary N) is 1. The number of hydrogen-bond acceptors (Lipinski definition) is 3. The van der Waals surface area contributed by atoms with E-state index in [2.05, 4.69) is 5.32 Å². The second-order valence-electron chi connectivity index (χ2n) is 7.21. The highest BCUT2D eigenvalue weighted by Crippen LogP contribution is 2.45. The number of fused-ring (bicyclic) bond motifs is 1. The zero-order chi connectivity index (χ0) is 19.1. The second-order valence-corrected chi connectivity index (χ2v) is 7.21. The number of benzene rings is 2. The number of carbonyl (C=O) groups is 1. The van der Waals surface area contributed by atoms with Crippen molar-refractivity contribution in [3.63, 3.8) is 0 Å². The molecule has 1 heterocycles. The molecule has 2 N–H and O–H groups in total. The Balaban J connectivity index is 2.09. The molecular weight excluding hydrogens is 337 g/mol. The lowest BCUT2D eigenvalue weighted by atomic mass is 9.78. The quantitative estimate of drug-likeness (QED) is 0.844. The van der Waals surface area contributed by atoms with Crippen LogP contribution in [-0.4, -0.2) is 24.9 Å². The normalized spacial score (nSPS) is 17.8. The Morgan fingerprint density at radius 3 is 2.65 bits per heavy atom. The molecule has 5 nitrogen and oxygen atoms in total. The summed E-state index contributed by atoms with van der Waals surface area (Å²) in [5.41, 5.74) is 2.05. The van der Waals surface area contributed by atoms with E-state index in [0.29, 0.717) is 29.2 Å². The van der Waals surface area contributed by atoms with Crippen molar-refractivity contribution >= 4 is 6.09 Å². The molecule has 6 heteroatoms. The van der Waals surface area contributed by atoms with E-state index in [9.17, 15) is 9.18 Å². The third-order valence-electron chi connectivity index (χ3n) is 4.78. The van der Waals surface area contributed by atoms with E-state index in [0.717, 1.165) is 11.1 Å². The third kappa shape index (κ3) is 3.19. The molecule has 2 aromatic rings. The molecule has 0 saturated carbocycles. The predicted molar refractivity (Wildman–Crippen MR) is 96.3 cm³/mol. The number of amides is 1. The van der Waals surface area contributed by atoms with E-state index in [1.54, 1.807) is 25.3 Å². The molecule has 1 aliphatic heterocycles. The van der Waals surface area contributed by atoms with Crippen LogP contribution in [-0.2, 0) is 0 Å². The van der Waals surface area contributed by atoms with Crippen LogP contribution in [0.5, 0.6) is 11.5 Å². The SMILES string of the molecule is COc1ccc(-c2cc3c(cc2F)C(NC(=O)O)C(C)(C)CO3)c(C)c1. The minimum atomic E-state index is -1.15. The van der Waals surface area contributed by atoms with Gasteiger partial charge < -0.3 is 19.9 Å². The van der Waals surface area contributed by atoms with Gasteiger partial charge in [-0.25, -0.2) is 9.18 Å². The maximum atomic E-state index is 14.9. The Morgan fingerprint density at radius 1 is 1.31 bits per heavy atom. The van der Waals surface area contributed by atoms with Crippen molar-refractivity contribution in [3.8, 4) is 22.6 Å². The summed E-state index contributed by atoms with van der Waals surface area (Å²) in [5, 5.41) is 11.6. The molecule has 1 aliphatic rings. The smallest absolute Gasteiger partial charge is 0.405 e. The lowest BCUT2D eigenvalue weighted by Crippen LogP contribution is -2.43. The monoisotopic (exact) mass is 359 g/mol. The highest BCUT2D eigenvalue weighted by Gasteiger charge is 2.39. The van der Waals surface area contributed by atoms with E-state index in [1.165, 1.54) is 6.07 Å². The Labute approximate surface area is 151 Å². The first-order chi connectivity index (χ1) is 12.2. The molecule has 1 unspecified atom stereocenters. The van der Waals surface area contributed by atoms with Crippen molar-refractivity contribution in [1.82, 2.24) is 5.32 Å². The second kappa shape index (κ2) is 6.52. The van der Waals surface area contributed by atoms with E-state index >= 15 is 0 Å². The van der Waals surface area contributed by atoms with Gasteiger partial charge in [0.2, 0.25) is 0 Å². The molecule has 0 aromatic heterocycles.